The summed E-state index contributed by atoms with van der Waals surface area (Å²) in [5, 5.41) is 2.92. The number of carbonyl (C=O) groups is 2. The molecule has 1 aliphatic rings. The van der Waals surface area contributed by atoms with Gasteiger partial charge < -0.3 is 15.0 Å². The molecule has 4 aromatic carbocycles. The van der Waals surface area contributed by atoms with Gasteiger partial charge in [0.15, 0.2) is 6.10 Å². The summed E-state index contributed by atoms with van der Waals surface area (Å²) in [5.74, 6) is -0.467. The summed E-state index contributed by atoms with van der Waals surface area (Å²) in [4.78, 5) is 28.2. The van der Waals surface area contributed by atoms with Gasteiger partial charge in [-0.2, -0.15) is 13.2 Å². The lowest BCUT2D eigenvalue weighted by atomic mass is 9.97. The molecule has 0 aromatic heterocycles. The van der Waals surface area contributed by atoms with Crippen LogP contribution in [0.3, 0.4) is 0 Å². The number of benzene rings is 4. The molecule has 0 bridgehead atoms. The Labute approximate surface area is 230 Å². The molecule has 204 valence electrons. The van der Waals surface area contributed by atoms with E-state index in [9.17, 15) is 22.8 Å². The van der Waals surface area contributed by atoms with Gasteiger partial charge in [0.25, 0.3) is 11.8 Å². The zero-order chi connectivity index (χ0) is 28.3. The number of nitrogens with one attached hydrogen (secondary N) is 1. The third kappa shape index (κ3) is 5.77. The predicted molar refractivity (Wildman–Crippen MR) is 147 cm³/mol. The maximum Gasteiger partial charge on any atom is 0.416 e. The van der Waals surface area contributed by atoms with Crippen molar-refractivity contribution in [2.45, 2.75) is 25.2 Å². The Morgan fingerprint density at radius 2 is 1.57 bits per heavy atom. The van der Waals surface area contributed by atoms with Gasteiger partial charge in [-0.25, -0.2) is 0 Å². The molecule has 5 nitrogen and oxygen atoms in total. The lowest BCUT2D eigenvalue weighted by Crippen LogP contribution is -2.39. The van der Waals surface area contributed by atoms with Gasteiger partial charge in [-0.3, -0.25) is 9.59 Å². The molecule has 0 spiro atoms. The molecule has 1 N–H and O–H groups in total. The summed E-state index contributed by atoms with van der Waals surface area (Å²) < 4.78 is 44.5. The fraction of sp³-hybridized carbons (Fsp3) is 0.188. The number of alkyl halides is 3. The highest BCUT2D eigenvalue weighted by atomic mass is 19.4. The van der Waals surface area contributed by atoms with Crippen LogP contribution in [-0.2, 0) is 28.7 Å². The van der Waals surface area contributed by atoms with Crippen LogP contribution in [-0.4, -0.2) is 30.4 Å². The van der Waals surface area contributed by atoms with Crippen LogP contribution in [0.2, 0.25) is 0 Å². The number of nitrogens with zero attached hydrogens (tertiary/aromatic N) is 1. The molecule has 0 aliphatic carbocycles. The van der Waals surface area contributed by atoms with Crippen LogP contribution in [0.15, 0.2) is 97.1 Å². The Morgan fingerprint density at radius 1 is 0.875 bits per heavy atom. The number of carbonyl (C=O) groups excluding carboxylic acids is 2. The average Bonchev–Trinajstić information content (AvgIpc) is 2.97. The first kappa shape index (κ1) is 27.1. The van der Waals surface area contributed by atoms with Crippen molar-refractivity contribution in [3.8, 4) is 11.1 Å². The third-order valence-corrected chi connectivity index (χ3v) is 7.05. The second-order valence-corrected chi connectivity index (χ2v) is 9.59. The Hall–Kier alpha value is -4.43. The number of ether oxygens (including phenoxy) is 1. The quantitative estimate of drug-likeness (QED) is 0.287. The molecule has 2 amide bonds. The van der Waals surface area contributed by atoms with E-state index >= 15 is 0 Å². The van der Waals surface area contributed by atoms with E-state index in [1.54, 1.807) is 35.2 Å². The van der Waals surface area contributed by atoms with E-state index in [2.05, 4.69) is 5.32 Å². The van der Waals surface area contributed by atoms with Crippen LogP contribution in [0.4, 0.5) is 18.9 Å². The smallest absolute Gasteiger partial charge is 0.367 e. The van der Waals surface area contributed by atoms with Crippen molar-refractivity contribution in [3.05, 3.63) is 125 Å². The minimum atomic E-state index is -4.43. The highest BCUT2D eigenvalue weighted by Gasteiger charge is 2.30. The summed E-state index contributed by atoms with van der Waals surface area (Å²) in [5.41, 5.74) is 4.08. The molecule has 1 unspecified atom stereocenters. The van der Waals surface area contributed by atoms with E-state index in [0.29, 0.717) is 41.9 Å². The Balaban J connectivity index is 1.30. The van der Waals surface area contributed by atoms with Crippen molar-refractivity contribution in [1.29, 1.82) is 0 Å². The molecule has 40 heavy (non-hydrogen) atoms. The molecule has 1 aliphatic heterocycles. The second kappa shape index (κ2) is 11.4. The minimum absolute atomic E-state index is 0.100. The zero-order valence-electron chi connectivity index (χ0n) is 21.7. The van der Waals surface area contributed by atoms with Crippen molar-refractivity contribution < 1.29 is 27.5 Å². The lowest BCUT2D eigenvalue weighted by Gasteiger charge is -2.31. The van der Waals surface area contributed by atoms with E-state index in [1.165, 1.54) is 19.2 Å². The van der Waals surface area contributed by atoms with Gasteiger partial charge >= 0.3 is 6.18 Å². The van der Waals surface area contributed by atoms with Crippen LogP contribution < -0.4 is 5.32 Å². The van der Waals surface area contributed by atoms with Crippen molar-refractivity contribution in [3.63, 3.8) is 0 Å². The van der Waals surface area contributed by atoms with Crippen LogP contribution in [0.1, 0.15) is 38.7 Å². The van der Waals surface area contributed by atoms with Gasteiger partial charge in [0.1, 0.15) is 0 Å². The monoisotopic (exact) mass is 544 g/mol. The summed E-state index contributed by atoms with van der Waals surface area (Å²) in [6.45, 7) is 0.957. The van der Waals surface area contributed by atoms with Crippen LogP contribution in [0.5, 0.6) is 0 Å². The lowest BCUT2D eigenvalue weighted by molar-refractivity contribution is -0.143. The van der Waals surface area contributed by atoms with Gasteiger partial charge in [0, 0.05) is 31.5 Å². The highest BCUT2D eigenvalue weighted by Crippen LogP contribution is 2.32. The molecule has 5 rings (SSSR count). The Morgan fingerprint density at radius 3 is 2.27 bits per heavy atom. The molecule has 0 radical (unpaired) electrons. The van der Waals surface area contributed by atoms with Gasteiger partial charge in [0.05, 0.1) is 5.56 Å². The molecule has 1 atom stereocenters. The number of hydrogen-bond donors (Lipinski definition) is 1. The predicted octanol–water partition coefficient (Wildman–Crippen LogP) is 6.90. The second-order valence-electron chi connectivity index (χ2n) is 9.59. The van der Waals surface area contributed by atoms with Crippen molar-refractivity contribution in [2.75, 3.05) is 19.0 Å². The fourth-order valence-corrected chi connectivity index (χ4v) is 4.96. The van der Waals surface area contributed by atoms with E-state index in [4.69, 9.17) is 4.74 Å². The molecule has 0 fully saturated rings. The van der Waals surface area contributed by atoms with Gasteiger partial charge in [-0.05, 0) is 64.6 Å². The zero-order valence-corrected chi connectivity index (χ0v) is 21.7. The first-order valence-corrected chi connectivity index (χ1v) is 12.8. The maximum atomic E-state index is 13.2. The van der Waals surface area contributed by atoms with Crippen molar-refractivity contribution in [2.24, 2.45) is 0 Å². The number of anilines is 1. The van der Waals surface area contributed by atoms with Crippen LogP contribution >= 0.6 is 0 Å². The third-order valence-electron chi connectivity index (χ3n) is 7.05. The number of hydrogen-bond acceptors (Lipinski definition) is 3. The topological polar surface area (TPSA) is 58.6 Å². The summed E-state index contributed by atoms with van der Waals surface area (Å²) in [7, 11) is 1.53. The number of fused-ring (bicyclic) bond motifs is 1. The number of halogens is 3. The summed E-state index contributed by atoms with van der Waals surface area (Å²) >= 11 is 0. The molecule has 4 aromatic rings. The molecular weight excluding hydrogens is 517 g/mol. The normalized spacial score (nSPS) is 13.8. The van der Waals surface area contributed by atoms with Crippen molar-refractivity contribution in [1.82, 2.24) is 4.90 Å². The standard InChI is InChI=1S/C32H27F3N2O3/c1-40-29(22-7-3-2-4-8-22)31(39)37-18-17-23-19-26(16-13-24(23)20-37)36-30(38)28-10-6-5-9-27(28)21-11-14-25(15-12-21)32(33,34)35/h2-16,19,29H,17-18,20H2,1H3,(H,36,38). The molecule has 0 saturated heterocycles. The SMILES string of the molecule is COC(C(=O)N1CCc2cc(NC(=O)c3ccccc3-c3ccc(C(F)(F)F)cc3)ccc2C1)c1ccccc1. The van der Waals surface area contributed by atoms with Gasteiger partial charge in [-0.15, -0.1) is 0 Å². The largest absolute Gasteiger partial charge is 0.416 e. The van der Waals surface area contributed by atoms with Crippen LogP contribution in [0, 0.1) is 0 Å². The number of amides is 2. The maximum absolute atomic E-state index is 13.2. The highest BCUT2D eigenvalue weighted by molar-refractivity contribution is 6.08. The summed E-state index contributed by atoms with van der Waals surface area (Å²) in [6.07, 6.45) is -4.48. The van der Waals surface area contributed by atoms with Crippen LogP contribution in [0.25, 0.3) is 11.1 Å². The van der Waals surface area contributed by atoms with Crippen molar-refractivity contribution >= 4 is 17.5 Å². The Bertz CT molecular complexity index is 1520. The fourth-order valence-electron chi connectivity index (χ4n) is 4.96. The van der Waals surface area contributed by atoms with E-state index < -0.39 is 17.8 Å². The van der Waals surface area contributed by atoms with E-state index in [1.807, 2.05) is 42.5 Å². The molecule has 8 heteroatoms. The number of methoxy groups -OCH3 is 1. The summed E-state index contributed by atoms with van der Waals surface area (Å²) in [6, 6.07) is 26.5. The number of rotatable bonds is 6. The minimum Gasteiger partial charge on any atom is -0.367 e. The molecular formula is C32H27F3N2O3. The first-order valence-electron chi connectivity index (χ1n) is 12.8. The first-order chi connectivity index (χ1) is 19.2. The average molecular weight is 545 g/mol. The molecule has 1 heterocycles. The van der Waals surface area contributed by atoms with E-state index in [0.717, 1.165) is 28.8 Å². The Kier molecular flexibility index (Phi) is 7.71. The van der Waals surface area contributed by atoms with E-state index in [-0.39, 0.29) is 11.8 Å². The van der Waals surface area contributed by atoms with Gasteiger partial charge in [0.2, 0.25) is 0 Å². The van der Waals surface area contributed by atoms with Gasteiger partial charge in [-0.1, -0.05) is 66.7 Å². The molecule has 0 saturated carbocycles.